The third kappa shape index (κ3) is 2.44. The summed E-state index contributed by atoms with van der Waals surface area (Å²) in [4.78, 5) is 0. The van der Waals surface area contributed by atoms with Gasteiger partial charge in [-0.25, -0.2) is 0 Å². The predicted octanol–water partition coefficient (Wildman–Crippen LogP) is 3.51. The second-order valence-corrected chi connectivity index (χ2v) is 5.37. The number of hydrogen-bond donors (Lipinski definition) is 1. The molecule has 96 valence electrons. The van der Waals surface area contributed by atoms with E-state index in [1.54, 1.807) is 0 Å². The summed E-state index contributed by atoms with van der Waals surface area (Å²) in [5, 5.41) is 0. The molecule has 2 N–H and O–H groups in total. The molecule has 2 atom stereocenters. The molecule has 0 radical (unpaired) electrons. The monoisotopic (exact) mass is 243 g/mol. The molecule has 2 aliphatic carbocycles. The zero-order chi connectivity index (χ0) is 12.4. The van der Waals surface area contributed by atoms with Crippen LogP contribution in [0, 0.1) is 0 Å². The van der Waals surface area contributed by atoms with Gasteiger partial charge in [0.2, 0.25) is 0 Å². The van der Waals surface area contributed by atoms with Crippen molar-refractivity contribution in [3.63, 3.8) is 0 Å². The summed E-state index contributed by atoms with van der Waals surface area (Å²) >= 11 is 0. The minimum absolute atomic E-state index is 0.220. The van der Waals surface area contributed by atoms with Gasteiger partial charge in [0.25, 0.3) is 0 Å². The van der Waals surface area contributed by atoms with E-state index in [1.807, 2.05) is 0 Å². The molecule has 0 saturated heterocycles. The summed E-state index contributed by atoms with van der Waals surface area (Å²) in [7, 11) is 0. The van der Waals surface area contributed by atoms with Crippen molar-refractivity contribution in [1.82, 2.24) is 0 Å². The van der Waals surface area contributed by atoms with Crippen molar-refractivity contribution < 1.29 is 4.74 Å². The van der Waals surface area contributed by atoms with Crippen LogP contribution >= 0.6 is 0 Å². The van der Waals surface area contributed by atoms with E-state index in [0.29, 0.717) is 0 Å². The Kier molecular flexibility index (Phi) is 3.37. The van der Waals surface area contributed by atoms with Crippen LogP contribution < -0.4 is 10.5 Å². The Morgan fingerprint density at radius 1 is 1.17 bits per heavy atom. The fourth-order valence-corrected chi connectivity index (χ4v) is 2.96. The molecule has 2 nitrogen and oxygen atoms in total. The minimum Gasteiger partial charge on any atom is -0.486 e. The van der Waals surface area contributed by atoms with Crippen LogP contribution in [0.3, 0.4) is 0 Å². The fourth-order valence-electron chi connectivity index (χ4n) is 2.96. The summed E-state index contributed by atoms with van der Waals surface area (Å²) in [5.74, 6) is 0.999. The highest BCUT2D eigenvalue weighted by Crippen LogP contribution is 2.31. The molecule has 0 fully saturated rings. The number of rotatable bonds is 2. The Hall–Kier alpha value is -1.28. The van der Waals surface area contributed by atoms with Crippen LogP contribution in [0.25, 0.3) is 0 Å². The molecule has 0 bridgehead atoms. The zero-order valence-electron chi connectivity index (χ0n) is 10.8. The van der Waals surface area contributed by atoms with E-state index in [9.17, 15) is 0 Å². The fraction of sp³-hybridized carbons (Fsp3) is 0.500. The molecule has 2 heteroatoms. The molecule has 18 heavy (non-hydrogen) atoms. The first-order valence-electron chi connectivity index (χ1n) is 7.04. The van der Waals surface area contributed by atoms with Gasteiger partial charge in [-0.05, 0) is 67.9 Å². The normalized spacial score (nSPS) is 26.7. The Bertz CT molecular complexity index is 452. The Balaban J connectivity index is 1.77. The van der Waals surface area contributed by atoms with Crippen LogP contribution in [0.5, 0.6) is 5.75 Å². The van der Waals surface area contributed by atoms with E-state index in [0.717, 1.165) is 25.0 Å². The van der Waals surface area contributed by atoms with Crippen LogP contribution in [0.15, 0.2) is 30.4 Å². The first-order chi connectivity index (χ1) is 8.83. The van der Waals surface area contributed by atoms with Gasteiger partial charge in [0.1, 0.15) is 11.9 Å². The number of benzene rings is 1. The lowest BCUT2D eigenvalue weighted by Gasteiger charge is -2.24. The molecule has 0 spiro atoms. The Morgan fingerprint density at radius 3 is 2.94 bits per heavy atom. The van der Waals surface area contributed by atoms with E-state index in [1.165, 1.54) is 30.4 Å². The second kappa shape index (κ2) is 5.15. The lowest BCUT2D eigenvalue weighted by Crippen LogP contribution is -2.19. The maximum absolute atomic E-state index is 6.13. The molecular weight excluding hydrogens is 222 g/mol. The smallest absolute Gasteiger partial charge is 0.120 e. The van der Waals surface area contributed by atoms with Crippen molar-refractivity contribution in [2.75, 3.05) is 0 Å². The van der Waals surface area contributed by atoms with Crippen LogP contribution in [0.1, 0.15) is 49.3 Å². The first kappa shape index (κ1) is 11.8. The van der Waals surface area contributed by atoms with Gasteiger partial charge in [0.15, 0.2) is 0 Å². The van der Waals surface area contributed by atoms with E-state index < -0.39 is 0 Å². The number of hydrogen-bond acceptors (Lipinski definition) is 2. The summed E-state index contributed by atoms with van der Waals surface area (Å²) < 4.78 is 6.03. The topological polar surface area (TPSA) is 35.2 Å². The van der Waals surface area contributed by atoms with Gasteiger partial charge < -0.3 is 10.5 Å². The average molecular weight is 243 g/mol. The predicted molar refractivity (Wildman–Crippen MR) is 73.7 cm³/mol. The molecule has 2 unspecified atom stereocenters. The zero-order valence-corrected chi connectivity index (χ0v) is 10.8. The van der Waals surface area contributed by atoms with Crippen molar-refractivity contribution in [1.29, 1.82) is 0 Å². The van der Waals surface area contributed by atoms with Crippen molar-refractivity contribution >= 4 is 0 Å². The molecule has 0 aliphatic heterocycles. The molecule has 0 amide bonds. The minimum atomic E-state index is 0.220. The highest BCUT2D eigenvalue weighted by molar-refractivity contribution is 5.39. The molecular formula is C16H21NO. The molecule has 1 aromatic carbocycles. The van der Waals surface area contributed by atoms with Crippen molar-refractivity contribution in [2.45, 2.75) is 50.7 Å². The van der Waals surface area contributed by atoms with Crippen molar-refractivity contribution in [3.05, 3.63) is 41.5 Å². The standard InChI is InChI=1S/C16H21NO/c17-16-8-4-5-12-11-14(9-10-15(12)16)18-13-6-2-1-3-7-13/h2,6,9-11,13,16H,1,3-5,7-8,17H2. The summed E-state index contributed by atoms with van der Waals surface area (Å²) in [6, 6.07) is 6.64. The molecule has 2 aliphatic rings. The van der Waals surface area contributed by atoms with E-state index in [4.69, 9.17) is 10.5 Å². The largest absolute Gasteiger partial charge is 0.486 e. The lowest BCUT2D eigenvalue weighted by molar-refractivity contribution is 0.229. The highest BCUT2D eigenvalue weighted by Gasteiger charge is 2.18. The Labute approximate surface area is 109 Å². The van der Waals surface area contributed by atoms with E-state index >= 15 is 0 Å². The van der Waals surface area contributed by atoms with Gasteiger partial charge in [-0.3, -0.25) is 0 Å². The molecule has 0 heterocycles. The molecule has 0 aromatic heterocycles. The number of allylic oxidation sites excluding steroid dienone is 1. The average Bonchev–Trinajstić information content (AvgIpc) is 2.40. The summed E-state index contributed by atoms with van der Waals surface area (Å²) in [6.45, 7) is 0. The van der Waals surface area contributed by atoms with E-state index in [-0.39, 0.29) is 12.1 Å². The van der Waals surface area contributed by atoms with Gasteiger partial charge in [-0.15, -0.1) is 0 Å². The quantitative estimate of drug-likeness (QED) is 0.807. The number of fused-ring (bicyclic) bond motifs is 1. The van der Waals surface area contributed by atoms with Gasteiger partial charge in [0.05, 0.1) is 0 Å². The van der Waals surface area contributed by atoms with Gasteiger partial charge in [-0.2, -0.15) is 0 Å². The van der Waals surface area contributed by atoms with Gasteiger partial charge in [0, 0.05) is 6.04 Å². The maximum atomic E-state index is 6.13. The van der Waals surface area contributed by atoms with Crippen LogP contribution in [0.2, 0.25) is 0 Å². The summed E-state index contributed by atoms with van der Waals surface area (Å²) in [5.41, 5.74) is 8.82. The third-order valence-corrected chi connectivity index (χ3v) is 3.97. The summed E-state index contributed by atoms with van der Waals surface area (Å²) in [6.07, 6.45) is 11.7. The highest BCUT2D eigenvalue weighted by atomic mass is 16.5. The van der Waals surface area contributed by atoms with Crippen LogP contribution in [0.4, 0.5) is 0 Å². The van der Waals surface area contributed by atoms with Gasteiger partial charge in [-0.1, -0.05) is 12.1 Å². The lowest BCUT2D eigenvalue weighted by atomic mass is 9.88. The van der Waals surface area contributed by atoms with Crippen LogP contribution in [-0.2, 0) is 6.42 Å². The second-order valence-electron chi connectivity index (χ2n) is 5.37. The SMILES string of the molecule is NC1CCCc2cc(OC3C=CCCC3)ccc21. The van der Waals surface area contributed by atoms with Crippen molar-refractivity contribution in [2.24, 2.45) is 5.73 Å². The molecule has 1 aromatic rings. The first-order valence-corrected chi connectivity index (χ1v) is 7.04. The van der Waals surface area contributed by atoms with Crippen molar-refractivity contribution in [3.8, 4) is 5.75 Å². The number of aryl methyl sites for hydroxylation is 1. The molecule has 3 rings (SSSR count). The maximum Gasteiger partial charge on any atom is 0.120 e. The Morgan fingerprint density at radius 2 is 2.11 bits per heavy atom. The number of nitrogens with two attached hydrogens (primary N) is 1. The third-order valence-electron chi connectivity index (χ3n) is 3.97. The van der Waals surface area contributed by atoms with Gasteiger partial charge >= 0.3 is 0 Å². The molecule has 0 saturated carbocycles. The van der Waals surface area contributed by atoms with E-state index in [2.05, 4.69) is 30.4 Å². The number of ether oxygens (including phenoxy) is 1. The van der Waals surface area contributed by atoms with Crippen LogP contribution in [-0.4, -0.2) is 6.10 Å².